The van der Waals surface area contributed by atoms with Crippen molar-refractivity contribution in [1.82, 2.24) is 10.6 Å². The zero-order chi connectivity index (χ0) is 19.6. The van der Waals surface area contributed by atoms with Gasteiger partial charge in [-0.1, -0.05) is 36.0 Å². The lowest BCUT2D eigenvalue weighted by Crippen LogP contribution is -2.44. The van der Waals surface area contributed by atoms with E-state index in [0.29, 0.717) is 22.2 Å². The highest BCUT2D eigenvalue weighted by atomic mass is 35.5. The van der Waals surface area contributed by atoms with Crippen molar-refractivity contribution in [1.29, 1.82) is 0 Å². The number of carbonyl (C=O) groups excluding carboxylic acids is 3. The molecule has 0 spiro atoms. The summed E-state index contributed by atoms with van der Waals surface area (Å²) >= 11 is 11.8. The summed E-state index contributed by atoms with van der Waals surface area (Å²) in [5.74, 6) is -0.739. The molecule has 0 saturated heterocycles. The van der Waals surface area contributed by atoms with E-state index in [0.717, 1.165) is 25.7 Å². The number of halogens is 2. The van der Waals surface area contributed by atoms with Gasteiger partial charge in [0, 0.05) is 17.5 Å². The largest absolute Gasteiger partial charge is 0.492 e. The number of imide groups is 1. The standard InChI is InChI=1S/C18H22Cl2N2O5/c19-12-7-8-15(14(20)10-12)26-9-3-6-17(24)27-11-16(23)22-18(25)21-13-4-1-2-5-13/h7-8,10,13H,1-6,9,11H2,(H2,21,22,23,25). The van der Waals surface area contributed by atoms with Gasteiger partial charge in [-0.25, -0.2) is 4.79 Å². The molecule has 148 valence electrons. The molecule has 0 radical (unpaired) electrons. The van der Waals surface area contributed by atoms with Crippen LogP contribution in [-0.4, -0.2) is 37.2 Å². The SMILES string of the molecule is O=C(COC(=O)CCCOc1ccc(Cl)cc1Cl)NC(=O)NC1CCCC1. The normalized spacial score (nSPS) is 13.9. The van der Waals surface area contributed by atoms with Crippen LogP contribution in [0.4, 0.5) is 4.79 Å². The third kappa shape index (κ3) is 8.05. The Bertz CT molecular complexity index is 678. The minimum atomic E-state index is -0.664. The molecular weight excluding hydrogens is 395 g/mol. The number of ether oxygens (including phenoxy) is 2. The minimum absolute atomic E-state index is 0.0762. The molecule has 27 heavy (non-hydrogen) atoms. The average Bonchev–Trinajstić information content (AvgIpc) is 3.11. The molecule has 1 fully saturated rings. The van der Waals surface area contributed by atoms with Crippen molar-refractivity contribution < 1.29 is 23.9 Å². The summed E-state index contributed by atoms with van der Waals surface area (Å²) in [5.41, 5.74) is 0. The van der Waals surface area contributed by atoms with Crippen molar-refractivity contribution in [2.75, 3.05) is 13.2 Å². The number of carbonyl (C=O) groups is 3. The van der Waals surface area contributed by atoms with Gasteiger partial charge in [-0.15, -0.1) is 0 Å². The lowest BCUT2D eigenvalue weighted by atomic mass is 10.2. The molecule has 1 aromatic carbocycles. The van der Waals surface area contributed by atoms with Crippen LogP contribution in [0.25, 0.3) is 0 Å². The summed E-state index contributed by atoms with van der Waals surface area (Å²) in [5, 5.41) is 5.75. The number of amides is 3. The summed E-state index contributed by atoms with van der Waals surface area (Å²) in [6.07, 6.45) is 4.45. The molecule has 3 amide bonds. The molecule has 1 saturated carbocycles. The first-order chi connectivity index (χ1) is 12.9. The van der Waals surface area contributed by atoms with Gasteiger partial charge >= 0.3 is 12.0 Å². The van der Waals surface area contributed by atoms with Crippen molar-refractivity contribution in [3.63, 3.8) is 0 Å². The van der Waals surface area contributed by atoms with Gasteiger partial charge in [-0.2, -0.15) is 0 Å². The fourth-order valence-electron chi connectivity index (χ4n) is 2.66. The van der Waals surface area contributed by atoms with Gasteiger partial charge in [-0.05, 0) is 37.5 Å². The lowest BCUT2D eigenvalue weighted by molar-refractivity contribution is -0.148. The van der Waals surface area contributed by atoms with Crippen LogP contribution in [-0.2, 0) is 14.3 Å². The second kappa shape index (κ2) is 11.0. The summed E-state index contributed by atoms with van der Waals surface area (Å²) < 4.78 is 10.3. The molecular formula is C18H22Cl2N2O5. The van der Waals surface area contributed by atoms with Gasteiger partial charge < -0.3 is 14.8 Å². The van der Waals surface area contributed by atoms with Crippen LogP contribution in [0.3, 0.4) is 0 Å². The Balaban J connectivity index is 1.55. The fraction of sp³-hybridized carbons (Fsp3) is 0.500. The summed E-state index contributed by atoms with van der Waals surface area (Å²) in [7, 11) is 0. The predicted molar refractivity (Wildman–Crippen MR) is 101 cm³/mol. The average molecular weight is 417 g/mol. The summed E-state index contributed by atoms with van der Waals surface area (Å²) in [6.45, 7) is -0.243. The molecule has 0 heterocycles. The van der Waals surface area contributed by atoms with Crippen LogP contribution < -0.4 is 15.4 Å². The first-order valence-corrected chi connectivity index (χ1v) is 9.53. The van der Waals surface area contributed by atoms with Gasteiger partial charge in [0.25, 0.3) is 5.91 Å². The molecule has 1 aliphatic rings. The molecule has 9 heteroatoms. The van der Waals surface area contributed by atoms with Gasteiger partial charge in [-0.3, -0.25) is 14.9 Å². The second-order valence-corrected chi connectivity index (χ2v) is 7.03. The Morgan fingerprint density at radius 1 is 1.15 bits per heavy atom. The molecule has 0 aromatic heterocycles. The molecule has 0 bridgehead atoms. The number of rotatable bonds is 8. The lowest BCUT2D eigenvalue weighted by Gasteiger charge is -2.12. The van der Waals surface area contributed by atoms with E-state index >= 15 is 0 Å². The maximum atomic E-state index is 11.6. The molecule has 1 aromatic rings. The molecule has 0 unspecified atom stereocenters. The molecule has 0 aliphatic heterocycles. The maximum absolute atomic E-state index is 11.6. The smallest absolute Gasteiger partial charge is 0.321 e. The Kier molecular flexibility index (Phi) is 8.67. The van der Waals surface area contributed by atoms with Gasteiger partial charge in [0.15, 0.2) is 6.61 Å². The molecule has 2 rings (SSSR count). The van der Waals surface area contributed by atoms with E-state index in [1.165, 1.54) is 0 Å². The molecule has 1 aliphatic carbocycles. The number of benzene rings is 1. The number of esters is 1. The van der Waals surface area contributed by atoms with E-state index < -0.39 is 24.5 Å². The topological polar surface area (TPSA) is 93.7 Å². The highest BCUT2D eigenvalue weighted by molar-refractivity contribution is 6.35. The van der Waals surface area contributed by atoms with E-state index in [1.807, 2.05) is 0 Å². The third-order valence-electron chi connectivity index (χ3n) is 3.98. The molecule has 7 nitrogen and oxygen atoms in total. The Morgan fingerprint density at radius 2 is 1.89 bits per heavy atom. The van der Waals surface area contributed by atoms with Gasteiger partial charge in [0.2, 0.25) is 0 Å². The highest BCUT2D eigenvalue weighted by Crippen LogP contribution is 2.27. The second-order valence-electron chi connectivity index (χ2n) is 6.19. The number of hydrogen-bond donors (Lipinski definition) is 2. The van der Waals surface area contributed by atoms with Crippen LogP contribution >= 0.6 is 23.2 Å². The van der Waals surface area contributed by atoms with Crippen molar-refractivity contribution >= 4 is 41.1 Å². The summed E-state index contributed by atoms with van der Waals surface area (Å²) in [6, 6.07) is 4.40. The monoisotopic (exact) mass is 416 g/mol. The quantitative estimate of drug-likeness (QED) is 0.499. The van der Waals surface area contributed by atoms with Crippen molar-refractivity contribution in [3.05, 3.63) is 28.2 Å². The van der Waals surface area contributed by atoms with Crippen LogP contribution in [0.15, 0.2) is 18.2 Å². The van der Waals surface area contributed by atoms with E-state index in [-0.39, 0.29) is 19.1 Å². The van der Waals surface area contributed by atoms with E-state index in [9.17, 15) is 14.4 Å². The van der Waals surface area contributed by atoms with Crippen molar-refractivity contribution in [3.8, 4) is 5.75 Å². The maximum Gasteiger partial charge on any atom is 0.321 e. The Morgan fingerprint density at radius 3 is 2.59 bits per heavy atom. The Hall–Kier alpha value is -1.99. The van der Waals surface area contributed by atoms with E-state index in [4.69, 9.17) is 32.7 Å². The van der Waals surface area contributed by atoms with Crippen LogP contribution in [0.2, 0.25) is 10.0 Å². The predicted octanol–water partition coefficient (Wildman–Crippen LogP) is 3.46. The van der Waals surface area contributed by atoms with E-state index in [1.54, 1.807) is 18.2 Å². The highest BCUT2D eigenvalue weighted by Gasteiger charge is 2.18. The number of hydrogen-bond acceptors (Lipinski definition) is 5. The van der Waals surface area contributed by atoms with Crippen molar-refractivity contribution in [2.45, 2.75) is 44.6 Å². The van der Waals surface area contributed by atoms with Crippen molar-refractivity contribution in [2.24, 2.45) is 0 Å². The minimum Gasteiger partial charge on any atom is -0.492 e. The van der Waals surface area contributed by atoms with Crippen LogP contribution in [0.5, 0.6) is 5.75 Å². The van der Waals surface area contributed by atoms with Crippen LogP contribution in [0, 0.1) is 0 Å². The zero-order valence-electron chi connectivity index (χ0n) is 14.8. The summed E-state index contributed by atoms with van der Waals surface area (Å²) in [4.78, 5) is 34.9. The van der Waals surface area contributed by atoms with Gasteiger partial charge in [0.05, 0.1) is 11.6 Å². The van der Waals surface area contributed by atoms with Crippen LogP contribution in [0.1, 0.15) is 38.5 Å². The zero-order valence-corrected chi connectivity index (χ0v) is 16.3. The van der Waals surface area contributed by atoms with Gasteiger partial charge in [0.1, 0.15) is 5.75 Å². The fourth-order valence-corrected chi connectivity index (χ4v) is 3.13. The van der Waals surface area contributed by atoms with E-state index in [2.05, 4.69) is 10.6 Å². The molecule has 0 atom stereocenters. The Labute approximate surface area is 167 Å². The third-order valence-corrected chi connectivity index (χ3v) is 4.51. The number of nitrogens with one attached hydrogen (secondary N) is 2. The first-order valence-electron chi connectivity index (χ1n) is 8.78. The number of urea groups is 1. The first kappa shape index (κ1) is 21.3. The molecule has 2 N–H and O–H groups in total.